The Bertz CT molecular complexity index is 2650. The SMILES string of the molecule is CC[C@H](C)[C@H](NC(=O)[C@H](CCCNC(=N)N)NC(=O)[C@H](CCC(=O)O)NC(=O)[C@H](CCCCN)NC(=O)[C@H](CCCNC(=N)N)NC(=O)[C@@H](C)Cc1ccccc1)C(=O)N[C@@H](CCC(=O)O)C(=O)NCC(=O)N[C@@H](CC(C)C)C(=O)N[C@@H](CCCCC(=N)N)C(=O)NC. The van der Waals surface area contributed by atoms with Gasteiger partial charge in [-0.1, -0.05) is 77.8 Å². The van der Waals surface area contributed by atoms with Gasteiger partial charge in [0.2, 0.25) is 59.1 Å². The number of amidine groups is 1. The maximum absolute atomic E-state index is 14.5. The predicted octanol–water partition coefficient (Wildman–Crippen LogP) is -2.42. The Morgan fingerprint density at radius 2 is 0.892 bits per heavy atom. The van der Waals surface area contributed by atoms with Crippen LogP contribution in [0.5, 0.6) is 0 Å². The van der Waals surface area contributed by atoms with Crippen LogP contribution in [0.3, 0.4) is 0 Å². The lowest BCUT2D eigenvalue weighted by atomic mass is 9.96. The van der Waals surface area contributed by atoms with E-state index < -0.39 is 169 Å². The number of carboxylic acids is 2. The number of benzene rings is 1. The zero-order valence-electron chi connectivity index (χ0n) is 54.4. The first kappa shape index (κ1) is 81.8. The van der Waals surface area contributed by atoms with Crippen LogP contribution in [0.4, 0.5) is 0 Å². The zero-order chi connectivity index (χ0) is 70.2. The van der Waals surface area contributed by atoms with Crippen molar-refractivity contribution < 1.29 is 67.7 Å². The number of carbonyl (C=O) groups excluding carboxylic acids is 10. The van der Waals surface area contributed by atoms with Gasteiger partial charge in [0.05, 0.1) is 12.4 Å². The number of carboxylic acid groups (broad SMARTS) is 2. The highest BCUT2D eigenvalue weighted by Crippen LogP contribution is 2.15. The summed E-state index contributed by atoms with van der Waals surface area (Å²) in [5.41, 5.74) is 23.0. The van der Waals surface area contributed by atoms with Gasteiger partial charge in [-0.3, -0.25) is 73.8 Å². The average Bonchev–Trinajstić information content (AvgIpc) is 1.20. The van der Waals surface area contributed by atoms with Crippen LogP contribution in [-0.2, 0) is 64.0 Å². The molecule has 1 rings (SSSR count). The van der Waals surface area contributed by atoms with E-state index >= 15 is 0 Å². The Hall–Kier alpha value is -9.17. The molecule has 0 saturated heterocycles. The maximum Gasteiger partial charge on any atom is 0.303 e. The third-order valence-corrected chi connectivity index (χ3v) is 14.9. The fourth-order valence-electron chi connectivity index (χ4n) is 9.46. The normalized spacial score (nSPS) is 14.2. The summed E-state index contributed by atoms with van der Waals surface area (Å²) in [5.74, 6) is -13.2. The first-order valence-electron chi connectivity index (χ1n) is 31.5. The molecule has 0 aliphatic carbocycles. The summed E-state index contributed by atoms with van der Waals surface area (Å²) in [6.45, 7) is 8.13. The van der Waals surface area contributed by atoms with Crippen molar-refractivity contribution in [2.75, 3.05) is 33.2 Å². The second-order valence-electron chi connectivity index (χ2n) is 23.3. The van der Waals surface area contributed by atoms with E-state index in [4.69, 9.17) is 39.2 Å². The summed E-state index contributed by atoms with van der Waals surface area (Å²) in [6.07, 6.45) is 0.477. The summed E-state index contributed by atoms with van der Waals surface area (Å²) in [4.78, 5) is 163. The average molecular weight is 1310 g/mol. The Kier molecular flexibility index (Phi) is 39.7. The number of unbranched alkanes of at least 4 members (excludes halogenated alkanes) is 2. The van der Waals surface area contributed by atoms with Crippen molar-refractivity contribution in [2.24, 2.45) is 40.7 Å². The highest BCUT2D eigenvalue weighted by atomic mass is 16.4. The molecular weight excluding hydrogens is 1210 g/mol. The molecular formula is C60H103N19O14. The lowest BCUT2D eigenvalue weighted by Gasteiger charge is -2.29. The molecule has 0 heterocycles. The Morgan fingerprint density at radius 3 is 1.33 bits per heavy atom. The van der Waals surface area contributed by atoms with Gasteiger partial charge < -0.3 is 96.9 Å². The van der Waals surface area contributed by atoms with Crippen molar-refractivity contribution >= 4 is 88.8 Å². The highest BCUT2D eigenvalue weighted by Gasteiger charge is 2.36. The number of guanidine groups is 2. The number of nitrogens with one attached hydrogen (secondary N) is 15. The van der Waals surface area contributed by atoms with Gasteiger partial charge in [0.15, 0.2) is 11.9 Å². The maximum atomic E-state index is 14.5. The standard InChI is InChI=1S/C60H103N19O14/c1-7-35(4)49(58(93)78-42(24-26-47(81)82)52(87)71-33-46(80)72-44(31-34(2)3)57(92)74-38(51(86)68-6)19-11-12-23-45(62)63)79-56(91)41(22-16-30-70-60(66)67)76-55(90)43(25-27-48(83)84)77-53(88)39(20-13-14-28-61)75-54(89)40(21-15-29-69-59(64)65)73-50(85)36(5)32-37-17-9-8-10-18-37/h8-10,17-18,34-36,38-44,49H,7,11-16,19-33,61H2,1-6H3,(H3,62,63)(H,68,86)(H,71,87)(H,72,80)(H,73,85)(H,74,92)(H,75,89)(H,76,90)(H,77,88)(H,78,93)(H,79,91)(H,81,82)(H,83,84)(H4,64,65,69)(H4,66,67,70)/t35-,36-,38-,39-,40-,41-,42-,43-,44-,49-/m0/s1. The largest absolute Gasteiger partial charge is 0.481 e. The molecule has 0 saturated carbocycles. The van der Waals surface area contributed by atoms with E-state index in [1.54, 1.807) is 34.6 Å². The summed E-state index contributed by atoms with van der Waals surface area (Å²) in [6, 6.07) is -1.93. The van der Waals surface area contributed by atoms with Crippen molar-refractivity contribution in [3.63, 3.8) is 0 Å². The van der Waals surface area contributed by atoms with E-state index in [-0.39, 0.29) is 95.1 Å². The quantitative estimate of drug-likeness (QED) is 0.0183. The fraction of sp³-hybridized carbons (Fsp3) is 0.650. The minimum absolute atomic E-state index is 0.000391. The number of likely N-dealkylation sites (N-methyl/N-ethyl adjacent to an activating group) is 1. The molecule has 93 heavy (non-hydrogen) atoms. The fourth-order valence-corrected chi connectivity index (χ4v) is 9.46. The predicted molar refractivity (Wildman–Crippen MR) is 346 cm³/mol. The molecule has 25 N–H and O–H groups in total. The smallest absolute Gasteiger partial charge is 0.303 e. The third kappa shape index (κ3) is 35.3. The van der Waals surface area contributed by atoms with Crippen LogP contribution < -0.4 is 86.7 Å². The number of nitrogens with two attached hydrogens (primary N) is 4. The van der Waals surface area contributed by atoms with Crippen LogP contribution in [0.1, 0.15) is 149 Å². The highest BCUT2D eigenvalue weighted by molar-refractivity contribution is 5.98. The van der Waals surface area contributed by atoms with Crippen LogP contribution in [0.15, 0.2) is 30.3 Å². The Balaban J connectivity index is 3.57. The molecule has 1 aromatic rings. The number of aliphatic carboxylic acids is 2. The van der Waals surface area contributed by atoms with E-state index in [2.05, 4.69) is 63.8 Å². The van der Waals surface area contributed by atoms with E-state index in [0.29, 0.717) is 32.1 Å². The molecule has 0 spiro atoms. The van der Waals surface area contributed by atoms with Gasteiger partial charge in [0.1, 0.15) is 48.3 Å². The van der Waals surface area contributed by atoms with Crippen LogP contribution in [-0.4, -0.2) is 181 Å². The second kappa shape index (κ2) is 45.2. The van der Waals surface area contributed by atoms with Gasteiger partial charge in [-0.25, -0.2) is 0 Å². The van der Waals surface area contributed by atoms with Gasteiger partial charge >= 0.3 is 11.9 Å². The van der Waals surface area contributed by atoms with Crippen molar-refractivity contribution in [2.45, 2.75) is 199 Å². The molecule has 0 aliphatic heterocycles. The topological polar surface area (TPSA) is 565 Å². The van der Waals surface area contributed by atoms with E-state index in [1.165, 1.54) is 7.05 Å². The first-order chi connectivity index (χ1) is 43.9. The molecule has 1 aromatic carbocycles. The first-order valence-corrected chi connectivity index (χ1v) is 31.5. The second-order valence-corrected chi connectivity index (χ2v) is 23.3. The Morgan fingerprint density at radius 1 is 0.473 bits per heavy atom. The minimum atomic E-state index is -1.68. The van der Waals surface area contributed by atoms with Gasteiger partial charge in [-0.2, -0.15) is 0 Å². The molecule has 0 aliphatic rings. The zero-order valence-corrected chi connectivity index (χ0v) is 54.4. The van der Waals surface area contributed by atoms with E-state index in [0.717, 1.165) is 5.56 Å². The molecule has 0 fully saturated rings. The van der Waals surface area contributed by atoms with Gasteiger partial charge in [0, 0.05) is 45.3 Å². The minimum Gasteiger partial charge on any atom is -0.481 e. The number of amides is 10. The molecule has 33 heteroatoms. The van der Waals surface area contributed by atoms with E-state index in [9.17, 15) is 67.7 Å². The lowest BCUT2D eigenvalue weighted by molar-refractivity contribution is -0.139. The van der Waals surface area contributed by atoms with Gasteiger partial charge in [-0.15, -0.1) is 0 Å². The molecule has 0 bridgehead atoms. The van der Waals surface area contributed by atoms with Crippen molar-refractivity contribution in [3.8, 4) is 0 Å². The summed E-state index contributed by atoms with van der Waals surface area (Å²) >= 11 is 0. The molecule has 33 nitrogen and oxygen atoms in total. The van der Waals surface area contributed by atoms with Crippen LogP contribution in [0.25, 0.3) is 0 Å². The molecule has 0 radical (unpaired) electrons. The third-order valence-electron chi connectivity index (χ3n) is 14.9. The number of rotatable bonds is 48. The number of carbonyl (C=O) groups is 12. The summed E-state index contributed by atoms with van der Waals surface area (Å²) < 4.78 is 0. The van der Waals surface area contributed by atoms with E-state index in [1.807, 2.05) is 30.3 Å². The molecule has 0 aromatic heterocycles. The monoisotopic (exact) mass is 1310 g/mol. The van der Waals surface area contributed by atoms with Crippen molar-refractivity contribution in [1.82, 2.24) is 63.8 Å². The van der Waals surface area contributed by atoms with Crippen LogP contribution >= 0.6 is 0 Å². The Labute approximate surface area is 543 Å². The van der Waals surface area contributed by atoms with Crippen LogP contribution in [0, 0.1) is 34.0 Å². The molecule has 0 unspecified atom stereocenters. The summed E-state index contributed by atoms with van der Waals surface area (Å²) in [5, 5.41) is 72.8. The summed E-state index contributed by atoms with van der Waals surface area (Å²) in [7, 11) is 1.39. The van der Waals surface area contributed by atoms with Gasteiger partial charge in [-0.05, 0) is 107 Å². The van der Waals surface area contributed by atoms with Crippen molar-refractivity contribution in [1.29, 1.82) is 16.2 Å². The molecule has 522 valence electrons. The van der Waals surface area contributed by atoms with Crippen molar-refractivity contribution in [3.05, 3.63) is 35.9 Å². The van der Waals surface area contributed by atoms with Gasteiger partial charge in [0.25, 0.3) is 0 Å². The number of hydrogen-bond donors (Lipinski definition) is 21. The van der Waals surface area contributed by atoms with Crippen LogP contribution in [0.2, 0.25) is 0 Å². The lowest BCUT2D eigenvalue weighted by Crippen LogP contribution is -2.60. The molecule has 10 amide bonds. The molecule has 10 atom stereocenters. The number of hydrogen-bond acceptors (Lipinski definition) is 16.